The molecule has 1 amide bonds. The Bertz CT molecular complexity index is 598. The summed E-state index contributed by atoms with van der Waals surface area (Å²) in [6.45, 7) is 4.13. The summed E-state index contributed by atoms with van der Waals surface area (Å²) in [7, 11) is 1.80. The van der Waals surface area contributed by atoms with Gasteiger partial charge in [-0.1, -0.05) is 26.0 Å². The molecule has 0 unspecified atom stereocenters. The fourth-order valence-corrected chi connectivity index (χ4v) is 2.06. The van der Waals surface area contributed by atoms with Crippen molar-refractivity contribution in [3.05, 3.63) is 53.2 Å². The minimum Gasteiger partial charge on any atom is -0.373 e. The maximum absolute atomic E-state index is 12.3. The summed E-state index contributed by atoms with van der Waals surface area (Å²) >= 11 is 0. The van der Waals surface area contributed by atoms with E-state index in [9.17, 15) is 4.79 Å². The lowest BCUT2D eigenvalue weighted by Gasteiger charge is -2.09. The zero-order chi connectivity index (χ0) is 15.2. The number of nitrogens with zero attached hydrogens (tertiary/aromatic N) is 1. The molecule has 0 aliphatic carbocycles. The number of hydrogen-bond acceptors (Lipinski definition) is 3. The van der Waals surface area contributed by atoms with E-state index in [4.69, 9.17) is 0 Å². The first-order chi connectivity index (χ1) is 10.2. The second kappa shape index (κ2) is 6.88. The van der Waals surface area contributed by atoms with Gasteiger partial charge in [-0.15, -0.1) is 0 Å². The molecule has 0 bridgehead atoms. The van der Waals surface area contributed by atoms with Crippen molar-refractivity contribution in [2.45, 2.75) is 26.7 Å². The van der Waals surface area contributed by atoms with Gasteiger partial charge in [0.2, 0.25) is 0 Å². The van der Waals surface area contributed by atoms with Crippen LogP contribution < -0.4 is 10.6 Å². The van der Waals surface area contributed by atoms with Crippen molar-refractivity contribution in [1.29, 1.82) is 0 Å². The first kappa shape index (κ1) is 15.0. The maximum atomic E-state index is 12.3. The quantitative estimate of drug-likeness (QED) is 0.883. The first-order valence-electron chi connectivity index (χ1n) is 7.25. The zero-order valence-corrected chi connectivity index (χ0v) is 12.7. The number of nitrogens with one attached hydrogen (secondary N) is 2. The molecule has 0 saturated heterocycles. The molecule has 4 nitrogen and oxygen atoms in total. The third-order valence-electron chi connectivity index (χ3n) is 3.38. The van der Waals surface area contributed by atoms with Crippen LogP contribution in [-0.2, 0) is 12.8 Å². The van der Waals surface area contributed by atoms with E-state index in [1.165, 1.54) is 5.56 Å². The third-order valence-corrected chi connectivity index (χ3v) is 3.38. The molecule has 110 valence electrons. The number of pyridine rings is 1. The summed E-state index contributed by atoms with van der Waals surface area (Å²) in [5.41, 5.74) is 3.57. The van der Waals surface area contributed by atoms with Crippen LogP contribution in [0.25, 0.3) is 0 Å². The van der Waals surface area contributed by atoms with Crippen LogP contribution in [0.3, 0.4) is 0 Å². The number of benzene rings is 1. The third kappa shape index (κ3) is 3.81. The lowest BCUT2D eigenvalue weighted by Crippen LogP contribution is -2.13. The highest BCUT2D eigenvalue weighted by Crippen LogP contribution is 2.15. The Morgan fingerprint density at radius 3 is 2.38 bits per heavy atom. The van der Waals surface area contributed by atoms with Crippen LogP contribution in [-0.4, -0.2) is 17.9 Å². The maximum Gasteiger partial charge on any atom is 0.255 e. The molecule has 0 atom stereocenters. The Morgan fingerprint density at radius 1 is 1.10 bits per heavy atom. The Balaban J connectivity index is 2.18. The summed E-state index contributed by atoms with van der Waals surface area (Å²) in [6.07, 6.45) is 1.78. The van der Waals surface area contributed by atoms with Gasteiger partial charge in [0.15, 0.2) is 0 Å². The normalized spacial score (nSPS) is 10.2. The van der Waals surface area contributed by atoms with E-state index in [2.05, 4.69) is 22.5 Å². The van der Waals surface area contributed by atoms with Crippen LogP contribution in [0.5, 0.6) is 0 Å². The Kier molecular flexibility index (Phi) is 4.93. The lowest BCUT2D eigenvalue weighted by atomic mass is 10.1. The van der Waals surface area contributed by atoms with Crippen LogP contribution in [0, 0.1) is 0 Å². The highest BCUT2D eigenvalue weighted by molar-refractivity contribution is 6.04. The Hall–Kier alpha value is -2.36. The van der Waals surface area contributed by atoms with Gasteiger partial charge >= 0.3 is 0 Å². The predicted octanol–water partition coefficient (Wildman–Crippen LogP) is 3.50. The summed E-state index contributed by atoms with van der Waals surface area (Å²) < 4.78 is 0. The standard InChI is InChI=1S/C17H21N3O/c1-4-12-6-8-15(9-7-12)20-17(21)13-10-14(5-2)19-16(11-13)18-3/h6-11H,4-5H2,1-3H3,(H,18,19)(H,20,21). The van der Waals surface area contributed by atoms with Crippen molar-refractivity contribution < 1.29 is 4.79 Å². The molecule has 2 rings (SSSR count). The molecular weight excluding hydrogens is 262 g/mol. The number of hydrogen-bond donors (Lipinski definition) is 2. The average Bonchev–Trinajstić information content (AvgIpc) is 2.54. The molecule has 0 aliphatic rings. The van der Waals surface area contributed by atoms with E-state index in [1.54, 1.807) is 13.1 Å². The van der Waals surface area contributed by atoms with Crippen molar-refractivity contribution in [3.63, 3.8) is 0 Å². The predicted molar refractivity (Wildman–Crippen MR) is 86.9 cm³/mol. The fourth-order valence-electron chi connectivity index (χ4n) is 2.06. The van der Waals surface area contributed by atoms with E-state index >= 15 is 0 Å². The molecule has 2 aromatic rings. The minimum atomic E-state index is -0.118. The topological polar surface area (TPSA) is 54.0 Å². The molecular formula is C17H21N3O. The van der Waals surface area contributed by atoms with E-state index in [1.807, 2.05) is 37.3 Å². The van der Waals surface area contributed by atoms with Crippen LogP contribution >= 0.6 is 0 Å². The van der Waals surface area contributed by atoms with Gasteiger partial charge in [-0.2, -0.15) is 0 Å². The molecule has 1 heterocycles. The number of carbonyl (C=O) groups excluding carboxylic acids is 1. The van der Waals surface area contributed by atoms with E-state index < -0.39 is 0 Å². The van der Waals surface area contributed by atoms with Gasteiger partial charge in [0.25, 0.3) is 5.91 Å². The van der Waals surface area contributed by atoms with Gasteiger partial charge in [-0.3, -0.25) is 4.79 Å². The average molecular weight is 283 g/mol. The molecule has 0 spiro atoms. The summed E-state index contributed by atoms with van der Waals surface area (Å²) in [5.74, 6) is 0.591. The molecule has 1 aromatic heterocycles. The minimum absolute atomic E-state index is 0.118. The SMILES string of the molecule is CCc1ccc(NC(=O)c2cc(CC)nc(NC)c2)cc1. The highest BCUT2D eigenvalue weighted by atomic mass is 16.1. The number of carbonyl (C=O) groups is 1. The molecule has 1 aromatic carbocycles. The summed E-state index contributed by atoms with van der Waals surface area (Å²) in [6, 6.07) is 11.5. The van der Waals surface area contributed by atoms with Gasteiger partial charge in [0, 0.05) is 24.0 Å². The van der Waals surface area contributed by atoms with E-state index in [0.29, 0.717) is 11.4 Å². The Morgan fingerprint density at radius 2 is 1.81 bits per heavy atom. The second-order valence-electron chi connectivity index (χ2n) is 4.84. The number of amides is 1. The van der Waals surface area contributed by atoms with Crippen molar-refractivity contribution in [2.24, 2.45) is 0 Å². The van der Waals surface area contributed by atoms with E-state index in [-0.39, 0.29) is 5.91 Å². The fraction of sp³-hybridized carbons (Fsp3) is 0.294. The molecule has 21 heavy (non-hydrogen) atoms. The van der Waals surface area contributed by atoms with Crippen molar-refractivity contribution in [3.8, 4) is 0 Å². The number of aromatic nitrogens is 1. The smallest absolute Gasteiger partial charge is 0.255 e. The second-order valence-corrected chi connectivity index (χ2v) is 4.84. The van der Waals surface area contributed by atoms with Gasteiger partial charge in [-0.05, 0) is 42.7 Å². The van der Waals surface area contributed by atoms with Gasteiger partial charge < -0.3 is 10.6 Å². The molecule has 0 fully saturated rings. The zero-order valence-electron chi connectivity index (χ0n) is 12.7. The number of anilines is 2. The summed E-state index contributed by atoms with van der Waals surface area (Å²) in [5, 5.41) is 5.90. The van der Waals surface area contributed by atoms with Crippen molar-refractivity contribution >= 4 is 17.4 Å². The first-order valence-corrected chi connectivity index (χ1v) is 7.25. The van der Waals surface area contributed by atoms with Gasteiger partial charge in [-0.25, -0.2) is 4.98 Å². The van der Waals surface area contributed by atoms with Crippen molar-refractivity contribution in [1.82, 2.24) is 4.98 Å². The largest absolute Gasteiger partial charge is 0.373 e. The lowest BCUT2D eigenvalue weighted by molar-refractivity contribution is 0.102. The number of rotatable bonds is 5. The van der Waals surface area contributed by atoms with E-state index in [0.717, 1.165) is 24.2 Å². The highest BCUT2D eigenvalue weighted by Gasteiger charge is 2.09. The molecule has 0 aliphatic heterocycles. The molecule has 4 heteroatoms. The van der Waals surface area contributed by atoms with Crippen LogP contribution in [0.15, 0.2) is 36.4 Å². The monoisotopic (exact) mass is 283 g/mol. The van der Waals surface area contributed by atoms with Crippen LogP contribution in [0.2, 0.25) is 0 Å². The van der Waals surface area contributed by atoms with Crippen LogP contribution in [0.1, 0.15) is 35.5 Å². The molecule has 0 saturated carbocycles. The number of aryl methyl sites for hydroxylation is 2. The van der Waals surface area contributed by atoms with Gasteiger partial charge in [0.05, 0.1) is 0 Å². The Labute approximate surface area is 125 Å². The van der Waals surface area contributed by atoms with Gasteiger partial charge in [0.1, 0.15) is 5.82 Å². The van der Waals surface area contributed by atoms with Crippen molar-refractivity contribution in [2.75, 3.05) is 17.7 Å². The van der Waals surface area contributed by atoms with Crippen LogP contribution in [0.4, 0.5) is 11.5 Å². The molecule has 0 radical (unpaired) electrons. The summed E-state index contributed by atoms with van der Waals surface area (Å²) in [4.78, 5) is 16.7. The molecule has 2 N–H and O–H groups in total.